The minimum atomic E-state index is -1.03. The molecule has 1 unspecified atom stereocenters. The summed E-state index contributed by atoms with van der Waals surface area (Å²) in [6.45, 7) is 1.88. The molecule has 18 heavy (non-hydrogen) atoms. The van der Waals surface area contributed by atoms with E-state index in [1.54, 1.807) is 24.3 Å². The van der Waals surface area contributed by atoms with Gasteiger partial charge in [-0.3, -0.25) is 10.3 Å². The van der Waals surface area contributed by atoms with Crippen LogP contribution in [0.1, 0.15) is 30.6 Å². The Hall–Kier alpha value is -2.32. The van der Waals surface area contributed by atoms with E-state index in [-0.39, 0.29) is 5.70 Å². The Bertz CT molecular complexity index is 540. The fourth-order valence-corrected chi connectivity index (χ4v) is 1.93. The number of benzene rings is 1. The lowest BCUT2D eigenvalue weighted by Gasteiger charge is -2.11. The lowest BCUT2D eigenvalue weighted by Crippen LogP contribution is -2.14. The predicted octanol–water partition coefficient (Wildman–Crippen LogP) is 1.88. The van der Waals surface area contributed by atoms with Crippen LogP contribution in [0.25, 0.3) is 0 Å². The molecule has 92 valence electrons. The summed E-state index contributed by atoms with van der Waals surface area (Å²) in [5.41, 5.74) is 4.64. The fourth-order valence-electron chi connectivity index (χ4n) is 1.93. The molecule has 5 heteroatoms. The highest BCUT2D eigenvalue weighted by molar-refractivity contribution is 5.87. The lowest BCUT2D eigenvalue weighted by molar-refractivity contribution is -0.134. The smallest absolute Gasteiger partial charge is 0.354 e. The highest BCUT2D eigenvalue weighted by Crippen LogP contribution is 2.33. The van der Waals surface area contributed by atoms with Crippen molar-refractivity contribution in [2.45, 2.75) is 19.4 Å². The average molecular weight is 244 g/mol. The van der Waals surface area contributed by atoms with E-state index in [9.17, 15) is 4.79 Å². The molecule has 0 aliphatic carbocycles. The van der Waals surface area contributed by atoms with Gasteiger partial charge in [0.25, 0.3) is 0 Å². The zero-order valence-corrected chi connectivity index (χ0v) is 9.80. The standard InChI is InChI=1S/C13H12N2O3/c1-2-10-11(13(16)17)15-18-12(10)9-5-3-8(7-14)4-6-9/h3-6,12,15H,2H2,1H3,(H,16,17). The Balaban J connectivity index is 2.34. The number of nitrogens with one attached hydrogen (secondary N) is 1. The van der Waals surface area contributed by atoms with E-state index in [4.69, 9.17) is 15.2 Å². The van der Waals surface area contributed by atoms with Crippen molar-refractivity contribution in [2.24, 2.45) is 0 Å². The maximum atomic E-state index is 11.0. The molecule has 0 spiro atoms. The first kappa shape index (κ1) is 12.1. The van der Waals surface area contributed by atoms with E-state index in [0.29, 0.717) is 17.6 Å². The molecule has 0 saturated carbocycles. The van der Waals surface area contributed by atoms with E-state index in [2.05, 4.69) is 5.48 Å². The van der Waals surface area contributed by atoms with Crippen LogP contribution in [0, 0.1) is 11.3 Å². The maximum absolute atomic E-state index is 11.0. The number of carboxylic acid groups (broad SMARTS) is 1. The van der Waals surface area contributed by atoms with Gasteiger partial charge >= 0.3 is 5.97 Å². The van der Waals surface area contributed by atoms with Gasteiger partial charge in [0, 0.05) is 0 Å². The number of hydrogen-bond acceptors (Lipinski definition) is 4. The minimum Gasteiger partial charge on any atom is -0.477 e. The summed E-state index contributed by atoms with van der Waals surface area (Å²) < 4.78 is 0. The third-order valence-electron chi connectivity index (χ3n) is 2.85. The van der Waals surface area contributed by atoms with Crippen molar-refractivity contribution in [1.82, 2.24) is 5.48 Å². The SMILES string of the molecule is CCC1=C(C(=O)O)NOC1c1ccc(C#N)cc1. The summed E-state index contributed by atoms with van der Waals surface area (Å²) in [5, 5.41) is 17.7. The first-order valence-electron chi connectivity index (χ1n) is 5.55. The molecule has 0 aromatic heterocycles. The first-order chi connectivity index (χ1) is 8.67. The van der Waals surface area contributed by atoms with Crippen LogP contribution in [-0.4, -0.2) is 11.1 Å². The van der Waals surface area contributed by atoms with Gasteiger partial charge in [-0.1, -0.05) is 19.1 Å². The summed E-state index contributed by atoms with van der Waals surface area (Å²) in [5.74, 6) is -1.03. The van der Waals surface area contributed by atoms with E-state index in [1.165, 1.54) is 0 Å². The second-order valence-electron chi connectivity index (χ2n) is 3.89. The van der Waals surface area contributed by atoms with Crippen molar-refractivity contribution >= 4 is 5.97 Å². The molecule has 0 fully saturated rings. The zero-order chi connectivity index (χ0) is 13.1. The largest absolute Gasteiger partial charge is 0.477 e. The third kappa shape index (κ3) is 2.06. The summed E-state index contributed by atoms with van der Waals surface area (Å²) >= 11 is 0. The molecule has 0 amide bonds. The minimum absolute atomic E-state index is 0.104. The van der Waals surface area contributed by atoms with E-state index >= 15 is 0 Å². The molecule has 0 radical (unpaired) electrons. The second kappa shape index (κ2) is 4.90. The summed E-state index contributed by atoms with van der Waals surface area (Å²) in [7, 11) is 0. The molecular weight excluding hydrogens is 232 g/mol. The molecule has 1 aliphatic rings. The molecule has 2 rings (SSSR count). The van der Waals surface area contributed by atoms with Crippen molar-refractivity contribution < 1.29 is 14.7 Å². The molecule has 1 aliphatic heterocycles. The Morgan fingerprint density at radius 1 is 1.50 bits per heavy atom. The van der Waals surface area contributed by atoms with Gasteiger partial charge in [0.2, 0.25) is 0 Å². The van der Waals surface area contributed by atoms with Crippen molar-refractivity contribution in [1.29, 1.82) is 5.26 Å². The van der Waals surface area contributed by atoms with E-state index < -0.39 is 12.1 Å². The number of carbonyl (C=O) groups is 1. The van der Waals surface area contributed by atoms with Crippen LogP contribution >= 0.6 is 0 Å². The third-order valence-corrected chi connectivity index (χ3v) is 2.85. The molecule has 5 nitrogen and oxygen atoms in total. The monoisotopic (exact) mass is 244 g/mol. The molecule has 1 aromatic rings. The molecule has 0 bridgehead atoms. The van der Waals surface area contributed by atoms with Crippen LogP contribution in [0.15, 0.2) is 35.5 Å². The fraction of sp³-hybridized carbons (Fsp3) is 0.231. The highest BCUT2D eigenvalue weighted by Gasteiger charge is 2.30. The Morgan fingerprint density at radius 2 is 2.17 bits per heavy atom. The number of rotatable bonds is 3. The van der Waals surface area contributed by atoms with Crippen LogP contribution in [0.3, 0.4) is 0 Å². The average Bonchev–Trinajstić information content (AvgIpc) is 2.82. The van der Waals surface area contributed by atoms with Crippen molar-refractivity contribution in [3.05, 3.63) is 46.7 Å². The van der Waals surface area contributed by atoms with Gasteiger partial charge in [-0.05, 0) is 29.7 Å². The van der Waals surface area contributed by atoms with Crippen molar-refractivity contribution in [2.75, 3.05) is 0 Å². The van der Waals surface area contributed by atoms with Crippen molar-refractivity contribution in [3.8, 4) is 6.07 Å². The highest BCUT2D eigenvalue weighted by atomic mass is 16.7. The summed E-state index contributed by atoms with van der Waals surface area (Å²) in [6, 6.07) is 8.94. The summed E-state index contributed by atoms with van der Waals surface area (Å²) in [6.07, 6.45) is 0.174. The zero-order valence-electron chi connectivity index (χ0n) is 9.80. The Labute approximate surface area is 104 Å². The molecule has 1 heterocycles. The topological polar surface area (TPSA) is 82.3 Å². The molecule has 1 aromatic carbocycles. The van der Waals surface area contributed by atoms with Crippen LogP contribution in [0.2, 0.25) is 0 Å². The van der Waals surface area contributed by atoms with Gasteiger partial charge < -0.3 is 5.11 Å². The number of nitriles is 1. The Morgan fingerprint density at radius 3 is 2.67 bits per heavy atom. The summed E-state index contributed by atoms with van der Waals surface area (Å²) in [4.78, 5) is 16.3. The number of hydroxylamine groups is 1. The number of carboxylic acids is 1. The lowest BCUT2D eigenvalue weighted by atomic mass is 9.98. The van der Waals surface area contributed by atoms with Crippen LogP contribution in [-0.2, 0) is 9.63 Å². The van der Waals surface area contributed by atoms with Crippen LogP contribution in [0.4, 0.5) is 0 Å². The van der Waals surface area contributed by atoms with E-state index in [1.807, 2.05) is 13.0 Å². The van der Waals surface area contributed by atoms with E-state index in [0.717, 1.165) is 5.56 Å². The number of hydrogen-bond donors (Lipinski definition) is 2. The van der Waals surface area contributed by atoms with Crippen molar-refractivity contribution in [3.63, 3.8) is 0 Å². The maximum Gasteiger partial charge on any atom is 0.354 e. The Kier molecular flexibility index (Phi) is 3.31. The van der Waals surface area contributed by atoms with Gasteiger partial charge in [0.15, 0.2) is 0 Å². The number of nitrogens with zero attached hydrogens (tertiary/aromatic N) is 1. The molecule has 0 saturated heterocycles. The van der Waals surface area contributed by atoms with Crippen LogP contribution < -0.4 is 5.48 Å². The van der Waals surface area contributed by atoms with Gasteiger partial charge in [-0.15, -0.1) is 0 Å². The second-order valence-corrected chi connectivity index (χ2v) is 3.89. The number of aliphatic carboxylic acids is 1. The normalized spacial score (nSPS) is 18.3. The molecule has 2 N–H and O–H groups in total. The van der Waals surface area contributed by atoms with Gasteiger partial charge in [-0.2, -0.15) is 5.26 Å². The predicted molar refractivity (Wildman–Crippen MR) is 63.1 cm³/mol. The molecule has 1 atom stereocenters. The first-order valence-corrected chi connectivity index (χ1v) is 5.55. The molecular formula is C13H12N2O3. The van der Waals surface area contributed by atoms with Gasteiger partial charge in [-0.25, -0.2) is 4.79 Å². The van der Waals surface area contributed by atoms with Gasteiger partial charge in [0.05, 0.1) is 11.6 Å². The van der Waals surface area contributed by atoms with Crippen LogP contribution in [0.5, 0.6) is 0 Å². The quantitative estimate of drug-likeness (QED) is 0.848. The van der Waals surface area contributed by atoms with Gasteiger partial charge in [0.1, 0.15) is 11.8 Å².